The van der Waals surface area contributed by atoms with Crippen LogP contribution in [-0.2, 0) is 13.0 Å². The van der Waals surface area contributed by atoms with E-state index in [0.29, 0.717) is 24.1 Å². The second-order valence-electron chi connectivity index (χ2n) is 6.56. The average Bonchev–Trinajstić information content (AvgIpc) is 3.16. The Balaban J connectivity index is 1.72. The summed E-state index contributed by atoms with van der Waals surface area (Å²) >= 11 is 0. The topological polar surface area (TPSA) is 76.0 Å². The number of carbonyl (C=O) groups is 2. The maximum Gasteiger partial charge on any atom is 0.255 e. The van der Waals surface area contributed by atoms with E-state index in [-0.39, 0.29) is 11.8 Å². The van der Waals surface area contributed by atoms with Gasteiger partial charge in [0.25, 0.3) is 11.8 Å². The van der Waals surface area contributed by atoms with Gasteiger partial charge < -0.3 is 10.6 Å². The van der Waals surface area contributed by atoms with Crippen LogP contribution in [-0.4, -0.2) is 28.6 Å². The minimum Gasteiger partial charge on any atom is -0.355 e. The number of rotatable bonds is 6. The number of benzene rings is 2. The predicted molar refractivity (Wildman–Crippen MR) is 109 cm³/mol. The molecule has 6 nitrogen and oxygen atoms in total. The summed E-state index contributed by atoms with van der Waals surface area (Å²) in [6, 6.07) is 15.2. The normalized spacial score (nSPS) is 10.5. The molecule has 1 heterocycles. The number of aromatic nitrogens is 2. The predicted octanol–water partition coefficient (Wildman–Crippen LogP) is 3.03. The Morgan fingerprint density at radius 3 is 2.29 bits per heavy atom. The maximum absolute atomic E-state index is 12.7. The van der Waals surface area contributed by atoms with Gasteiger partial charge in [-0.1, -0.05) is 36.8 Å². The fraction of sp³-hybridized carbons (Fsp3) is 0.227. The first-order chi connectivity index (χ1) is 13.5. The lowest BCUT2D eigenvalue weighted by molar-refractivity contribution is 0.0945. The van der Waals surface area contributed by atoms with Crippen molar-refractivity contribution < 1.29 is 9.59 Å². The molecular formula is C22H24N4O2. The summed E-state index contributed by atoms with van der Waals surface area (Å²) in [5.74, 6) is -0.294. The number of aryl methyl sites for hydroxylation is 1. The smallest absolute Gasteiger partial charge is 0.255 e. The number of nitrogens with one attached hydrogen (secondary N) is 2. The van der Waals surface area contributed by atoms with Gasteiger partial charge in [-0.25, -0.2) is 4.68 Å². The molecule has 2 amide bonds. The van der Waals surface area contributed by atoms with Crippen molar-refractivity contribution in [3.05, 3.63) is 82.7 Å². The van der Waals surface area contributed by atoms with Crippen LogP contribution in [0, 0.1) is 6.92 Å². The minimum atomic E-state index is -0.161. The number of hydrogen-bond acceptors (Lipinski definition) is 3. The van der Waals surface area contributed by atoms with Crippen LogP contribution in [0.1, 0.15) is 44.5 Å². The molecular weight excluding hydrogens is 352 g/mol. The van der Waals surface area contributed by atoms with Crippen molar-refractivity contribution in [1.29, 1.82) is 0 Å². The number of hydrogen-bond donors (Lipinski definition) is 2. The first kappa shape index (κ1) is 19.4. The van der Waals surface area contributed by atoms with Gasteiger partial charge in [0.2, 0.25) is 0 Å². The molecule has 0 atom stereocenters. The first-order valence-corrected chi connectivity index (χ1v) is 9.26. The summed E-state index contributed by atoms with van der Waals surface area (Å²) in [6.45, 7) is 4.43. The highest BCUT2D eigenvalue weighted by Crippen LogP contribution is 2.17. The second-order valence-corrected chi connectivity index (χ2v) is 6.56. The van der Waals surface area contributed by atoms with Gasteiger partial charge in [0, 0.05) is 19.2 Å². The molecule has 144 valence electrons. The summed E-state index contributed by atoms with van der Waals surface area (Å²) in [5.41, 5.74) is 5.07. The molecule has 0 saturated carbocycles. The molecule has 0 saturated heterocycles. The van der Waals surface area contributed by atoms with E-state index in [1.807, 2.05) is 54.9 Å². The van der Waals surface area contributed by atoms with Crippen LogP contribution >= 0.6 is 0 Å². The van der Waals surface area contributed by atoms with Crippen LogP contribution in [0.2, 0.25) is 0 Å². The van der Waals surface area contributed by atoms with Crippen molar-refractivity contribution in [2.45, 2.75) is 26.8 Å². The monoisotopic (exact) mass is 376 g/mol. The maximum atomic E-state index is 12.7. The van der Waals surface area contributed by atoms with Crippen LogP contribution in [0.5, 0.6) is 0 Å². The molecule has 2 aromatic carbocycles. The molecule has 0 radical (unpaired) electrons. The molecule has 0 aliphatic rings. The molecule has 0 bridgehead atoms. The summed E-state index contributed by atoms with van der Waals surface area (Å²) in [6.07, 6.45) is 2.31. The number of carbonyl (C=O) groups excluding carboxylic acids is 2. The summed E-state index contributed by atoms with van der Waals surface area (Å²) < 4.78 is 1.81. The zero-order chi connectivity index (χ0) is 20.1. The molecule has 28 heavy (non-hydrogen) atoms. The standard InChI is InChI=1S/C22H24N4O2/c1-4-20-19(14-25-26(20)18-11-5-15(2)6-12-18)22(28)24-13-16-7-9-17(10-8-16)21(27)23-3/h5-12,14H,4,13H2,1-3H3,(H,23,27)(H,24,28). The zero-order valence-electron chi connectivity index (χ0n) is 16.3. The van der Waals surface area contributed by atoms with Crippen molar-refractivity contribution in [1.82, 2.24) is 20.4 Å². The Labute approximate surface area is 164 Å². The lowest BCUT2D eigenvalue weighted by atomic mass is 10.1. The van der Waals surface area contributed by atoms with Crippen molar-refractivity contribution in [3.8, 4) is 5.69 Å². The highest BCUT2D eigenvalue weighted by molar-refractivity contribution is 5.95. The van der Waals surface area contributed by atoms with Crippen LogP contribution in [0.3, 0.4) is 0 Å². The molecule has 1 aromatic heterocycles. The third-order valence-electron chi connectivity index (χ3n) is 4.62. The van der Waals surface area contributed by atoms with Crippen molar-refractivity contribution >= 4 is 11.8 Å². The molecule has 0 unspecified atom stereocenters. The summed E-state index contributed by atoms with van der Waals surface area (Å²) in [7, 11) is 1.60. The van der Waals surface area contributed by atoms with E-state index in [1.165, 1.54) is 5.56 Å². The Hall–Kier alpha value is -3.41. The van der Waals surface area contributed by atoms with E-state index in [0.717, 1.165) is 16.9 Å². The third-order valence-corrected chi connectivity index (χ3v) is 4.62. The highest BCUT2D eigenvalue weighted by Gasteiger charge is 2.17. The Kier molecular flexibility index (Phi) is 5.89. The van der Waals surface area contributed by atoms with Gasteiger partial charge in [-0.15, -0.1) is 0 Å². The van der Waals surface area contributed by atoms with Crippen LogP contribution in [0.25, 0.3) is 5.69 Å². The van der Waals surface area contributed by atoms with E-state index in [2.05, 4.69) is 15.7 Å². The Morgan fingerprint density at radius 2 is 1.68 bits per heavy atom. The largest absolute Gasteiger partial charge is 0.355 e. The first-order valence-electron chi connectivity index (χ1n) is 9.26. The highest BCUT2D eigenvalue weighted by atomic mass is 16.2. The van der Waals surface area contributed by atoms with E-state index >= 15 is 0 Å². The van der Waals surface area contributed by atoms with Crippen LogP contribution in [0.15, 0.2) is 54.7 Å². The fourth-order valence-electron chi connectivity index (χ4n) is 3.01. The average molecular weight is 376 g/mol. The van der Waals surface area contributed by atoms with Gasteiger partial charge in [-0.3, -0.25) is 9.59 Å². The van der Waals surface area contributed by atoms with Gasteiger partial charge in [0.1, 0.15) is 0 Å². The van der Waals surface area contributed by atoms with E-state index in [9.17, 15) is 9.59 Å². The fourth-order valence-corrected chi connectivity index (χ4v) is 3.01. The van der Waals surface area contributed by atoms with E-state index in [4.69, 9.17) is 0 Å². The van der Waals surface area contributed by atoms with Gasteiger partial charge in [-0.2, -0.15) is 5.10 Å². The molecule has 0 aliphatic carbocycles. The van der Waals surface area contributed by atoms with Gasteiger partial charge in [0.15, 0.2) is 0 Å². The molecule has 2 N–H and O–H groups in total. The van der Waals surface area contributed by atoms with E-state index in [1.54, 1.807) is 25.4 Å². The molecule has 3 aromatic rings. The van der Waals surface area contributed by atoms with Gasteiger partial charge in [0.05, 0.1) is 23.1 Å². The Morgan fingerprint density at radius 1 is 1.00 bits per heavy atom. The molecule has 0 spiro atoms. The zero-order valence-corrected chi connectivity index (χ0v) is 16.3. The molecule has 6 heteroatoms. The second kappa shape index (κ2) is 8.52. The summed E-state index contributed by atoms with van der Waals surface area (Å²) in [5, 5.41) is 9.93. The SMILES string of the molecule is CCc1c(C(=O)NCc2ccc(C(=O)NC)cc2)cnn1-c1ccc(C)cc1. The molecule has 0 aliphatic heterocycles. The number of amides is 2. The lowest BCUT2D eigenvalue weighted by Gasteiger charge is -2.09. The van der Waals surface area contributed by atoms with Crippen molar-refractivity contribution in [2.75, 3.05) is 7.05 Å². The lowest BCUT2D eigenvalue weighted by Crippen LogP contribution is -2.24. The van der Waals surface area contributed by atoms with Gasteiger partial charge in [-0.05, 0) is 43.2 Å². The minimum absolute atomic E-state index is 0.133. The summed E-state index contributed by atoms with van der Waals surface area (Å²) in [4.78, 5) is 24.3. The van der Waals surface area contributed by atoms with Crippen LogP contribution < -0.4 is 10.6 Å². The molecule has 3 rings (SSSR count). The molecule has 0 fully saturated rings. The third kappa shape index (κ3) is 4.11. The van der Waals surface area contributed by atoms with Crippen molar-refractivity contribution in [2.24, 2.45) is 0 Å². The Bertz CT molecular complexity index is 973. The van der Waals surface area contributed by atoms with Crippen LogP contribution in [0.4, 0.5) is 0 Å². The quantitative estimate of drug-likeness (QED) is 0.694. The van der Waals surface area contributed by atoms with Crippen molar-refractivity contribution in [3.63, 3.8) is 0 Å². The van der Waals surface area contributed by atoms with Gasteiger partial charge >= 0.3 is 0 Å². The number of nitrogens with zero attached hydrogens (tertiary/aromatic N) is 2. The van der Waals surface area contributed by atoms with E-state index < -0.39 is 0 Å².